The summed E-state index contributed by atoms with van der Waals surface area (Å²) < 4.78 is 1.43. The van der Waals surface area contributed by atoms with Crippen LogP contribution in [0.2, 0.25) is 0 Å². The molecule has 1 amide bonds. The molecule has 28 heavy (non-hydrogen) atoms. The minimum atomic E-state index is -0.302. The lowest BCUT2D eigenvalue weighted by molar-refractivity contribution is -0.116. The van der Waals surface area contributed by atoms with E-state index in [9.17, 15) is 9.59 Å². The zero-order valence-electron chi connectivity index (χ0n) is 15.6. The van der Waals surface area contributed by atoms with Gasteiger partial charge in [-0.25, -0.2) is 9.78 Å². The molecule has 0 saturated carbocycles. The Kier molecular flexibility index (Phi) is 4.83. The van der Waals surface area contributed by atoms with Crippen molar-refractivity contribution in [1.29, 1.82) is 0 Å². The number of nitrogens with zero attached hydrogens (tertiary/aromatic N) is 2. The first-order chi connectivity index (χ1) is 13.5. The van der Waals surface area contributed by atoms with Crippen molar-refractivity contribution in [2.75, 3.05) is 5.32 Å². The standard InChI is InChI=1S/C21H20N4O2S/c1-13(2)19-18(14-8-4-3-5-9-14)24-20(28-19)23-17(26)12-25-16-11-7-6-10-15(16)22-21(25)27/h3-11,13H,12H2,1-2H3,(H,22,27)(H,23,24,26). The van der Waals surface area contributed by atoms with Gasteiger partial charge in [0, 0.05) is 10.4 Å². The van der Waals surface area contributed by atoms with E-state index in [1.807, 2.05) is 54.6 Å². The third kappa shape index (κ3) is 3.48. The normalized spacial score (nSPS) is 11.2. The number of carbonyl (C=O) groups is 1. The third-order valence-corrected chi connectivity index (χ3v) is 5.73. The molecule has 4 aromatic rings. The Labute approximate surface area is 165 Å². The molecule has 0 spiro atoms. The minimum Gasteiger partial charge on any atom is -0.306 e. The lowest BCUT2D eigenvalue weighted by Crippen LogP contribution is -2.25. The van der Waals surface area contributed by atoms with E-state index in [2.05, 4.69) is 29.1 Å². The monoisotopic (exact) mass is 392 g/mol. The van der Waals surface area contributed by atoms with Crippen molar-refractivity contribution in [2.24, 2.45) is 0 Å². The number of amides is 1. The number of rotatable bonds is 5. The Hall–Kier alpha value is -3.19. The summed E-state index contributed by atoms with van der Waals surface area (Å²) in [5, 5.41) is 3.39. The van der Waals surface area contributed by atoms with Gasteiger partial charge >= 0.3 is 5.69 Å². The van der Waals surface area contributed by atoms with E-state index in [-0.39, 0.29) is 24.1 Å². The number of nitrogens with one attached hydrogen (secondary N) is 2. The molecule has 2 N–H and O–H groups in total. The summed E-state index contributed by atoms with van der Waals surface area (Å²) in [6.45, 7) is 4.15. The van der Waals surface area contributed by atoms with Crippen LogP contribution in [-0.2, 0) is 11.3 Å². The molecule has 2 heterocycles. The van der Waals surface area contributed by atoms with Crippen LogP contribution < -0.4 is 11.0 Å². The quantitative estimate of drug-likeness (QED) is 0.534. The summed E-state index contributed by atoms with van der Waals surface area (Å²) in [4.78, 5) is 33.3. The van der Waals surface area contributed by atoms with Crippen molar-refractivity contribution in [3.63, 3.8) is 0 Å². The zero-order valence-corrected chi connectivity index (χ0v) is 16.4. The predicted octanol–water partition coefficient (Wildman–Crippen LogP) is 4.22. The lowest BCUT2D eigenvalue weighted by atomic mass is 10.1. The number of hydrogen-bond acceptors (Lipinski definition) is 4. The van der Waals surface area contributed by atoms with Crippen LogP contribution in [0, 0.1) is 0 Å². The van der Waals surface area contributed by atoms with Gasteiger partial charge in [0.1, 0.15) is 6.54 Å². The third-order valence-electron chi connectivity index (χ3n) is 4.45. The van der Waals surface area contributed by atoms with Crippen LogP contribution >= 0.6 is 11.3 Å². The van der Waals surface area contributed by atoms with Gasteiger partial charge in [-0.15, -0.1) is 11.3 Å². The largest absolute Gasteiger partial charge is 0.326 e. The molecule has 142 valence electrons. The van der Waals surface area contributed by atoms with Crippen molar-refractivity contribution >= 4 is 33.4 Å². The fraction of sp³-hybridized carbons (Fsp3) is 0.190. The van der Waals surface area contributed by atoms with Gasteiger partial charge in [-0.3, -0.25) is 9.36 Å². The highest BCUT2D eigenvalue weighted by Crippen LogP contribution is 2.36. The van der Waals surface area contributed by atoms with Crippen LogP contribution in [0.1, 0.15) is 24.6 Å². The second-order valence-corrected chi connectivity index (χ2v) is 7.86. The molecule has 0 bridgehead atoms. The first-order valence-electron chi connectivity index (χ1n) is 9.06. The van der Waals surface area contributed by atoms with Crippen LogP contribution in [0.15, 0.2) is 59.4 Å². The summed E-state index contributed by atoms with van der Waals surface area (Å²) in [6.07, 6.45) is 0. The molecule has 0 fully saturated rings. The number of hydrogen-bond donors (Lipinski definition) is 2. The Morgan fingerprint density at radius 3 is 2.61 bits per heavy atom. The SMILES string of the molecule is CC(C)c1sc(NC(=O)Cn2c(=O)[nH]c3ccccc32)nc1-c1ccccc1. The molecule has 2 aromatic heterocycles. The van der Waals surface area contributed by atoms with Gasteiger partial charge in [0.05, 0.1) is 16.7 Å². The van der Waals surface area contributed by atoms with Gasteiger partial charge in [0.2, 0.25) is 5.91 Å². The predicted molar refractivity (Wildman–Crippen MR) is 113 cm³/mol. The van der Waals surface area contributed by atoms with E-state index in [1.165, 1.54) is 15.9 Å². The Morgan fingerprint density at radius 2 is 1.86 bits per heavy atom. The molecule has 0 atom stereocenters. The van der Waals surface area contributed by atoms with E-state index >= 15 is 0 Å². The number of fused-ring (bicyclic) bond motifs is 1. The number of aromatic amines is 1. The van der Waals surface area contributed by atoms with Crippen molar-refractivity contribution < 1.29 is 4.79 Å². The van der Waals surface area contributed by atoms with Crippen LogP contribution in [0.3, 0.4) is 0 Å². The summed E-state index contributed by atoms with van der Waals surface area (Å²) in [5.41, 5.74) is 3.02. The maximum atomic E-state index is 12.6. The highest BCUT2D eigenvalue weighted by molar-refractivity contribution is 7.16. The number of anilines is 1. The summed E-state index contributed by atoms with van der Waals surface area (Å²) >= 11 is 1.47. The van der Waals surface area contributed by atoms with Gasteiger partial charge in [0.25, 0.3) is 0 Å². The molecule has 0 saturated heterocycles. The highest BCUT2D eigenvalue weighted by Gasteiger charge is 2.18. The molecule has 4 rings (SSSR count). The Bertz CT molecular complexity index is 1190. The van der Waals surface area contributed by atoms with Gasteiger partial charge < -0.3 is 10.3 Å². The molecule has 6 nitrogen and oxygen atoms in total. The Morgan fingerprint density at radius 1 is 1.14 bits per heavy atom. The number of imidazole rings is 1. The topological polar surface area (TPSA) is 79.8 Å². The van der Waals surface area contributed by atoms with Crippen molar-refractivity contribution in [3.8, 4) is 11.3 Å². The number of carbonyl (C=O) groups excluding carboxylic acids is 1. The van der Waals surface area contributed by atoms with Crippen LogP contribution in [-0.4, -0.2) is 20.4 Å². The van der Waals surface area contributed by atoms with E-state index in [4.69, 9.17) is 0 Å². The second kappa shape index (κ2) is 7.44. The molecular formula is C21H20N4O2S. The second-order valence-electron chi connectivity index (χ2n) is 6.83. The average Bonchev–Trinajstić information content (AvgIpc) is 3.24. The fourth-order valence-electron chi connectivity index (χ4n) is 3.15. The van der Waals surface area contributed by atoms with E-state index < -0.39 is 0 Å². The minimum absolute atomic E-state index is 0.0693. The molecule has 2 aromatic carbocycles. The first-order valence-corrected chi connectivity index (χ1v) is 9.88. The van der Waals surface area contributed by atoms with E-state index in [1.54, 1.807) is 0 Å². The smallest absolute Gasteiger partial charge is 0.306 e. The molecule has 0 unspecified atom stereocenters. The lowest BCUT2D eigenvalue weighted by Gasteiger charge is -2.04. The van der Waals surface area contributed by atoms with Crippen LogP contribution in [0.5, 0.6) is 0 Å². The first kappa shape index (κ1) is 18.2. The zero-order chi connectivity index (χ0) is 19.7. The summed E-state index contributed by atoms with van der Waals surface area (Å²) in [7, 11) is 0. The average molecular weight is 392 g/mol. The van der Waals surface area contributed by atoms with Crippen molar-refractivity contribution in [3.05, 3.63) is 70.0 Å². The number of thiazole rings is 1. The maximum absolute atomic E-state index is 12.6. The fourth-order valence-corrected chi connectivity index (χ4v) is 4.15. The van der Waals surface area contributed by atoms with Crippen molar-refractivity contribution in [1.82, 2.24) is 14.5 Å². The highest BCUT2D eigenvalue weighted by atomic mass is 32.1. The van der Waals surface area contributed by atoms with E-state index in [0.29, 0.717) is 16.2 Å². The molecule has 0 radical (unpaired) electrons. The summed E-state index contributed by atoms with van der Waals surface area (Å²) in [6, 6.07) is 17.2. The van der Waals surface area contributed by atoms with Crippen LogP contribution in [0.4, 0.5) is 5.13 Å². The molecule has 7 heteroatoms. The molecular weight excluding hydrogens is 372 g/mol. The van der Waals surface area contributed by atoms with Crippen molar-refractivity contribution in [2.45, 2.75) is 26.3 Å². The van der Waals surface area contributed by atoms with Gasteiger partial charge in [-0.2, -0.15) is 0 Å². The van der Waals surface area contributed by atoms with Gasteiger partial charge in [-0.1, -0.05) is 56.3 Å². The number of H-pyrrole nitrogens is 1. The summed E-state index contributed by atoms with van der Waals surface area (Å²) in [5.74, 6) is 0.00474. The van der Waals surface area contributed by atoms with Gasteiger partial charge in [-0.05, 0) is 18.1 Å². The molecule has 0 aliphatic heterocycles. The maximum Gasteiger partial charge on any atom is 0.326 e. The van der Waals surface area contributed by atoms with Crippen LogP contribution in [0.25, 0.3) is 22.3 Å². The van der Waals surface area contributed by atoms with E-state index in [0.717, 1.165) is 16.1 Å². The molecule has 0 aliphatic rings. The number of benzene rings is 2. The molecule has 0 aliphatic carbocycles. The Balaban J connectivity index is 1.60. The number of aromatic nitrogens is 3. The number of para-hydroxylation sites is 2. The van der Waals surface area contributed by atoms with Gasteiger partial charge in [0.15, 0.2) is 5.13 Å².